The van der Waals surface area contributed by atoms with Crippen LogP contribution in [0.2, 0.25) is 0 Å². The van der Waals surface area contributed by atoms with Gasteiger partial charge in [-0.1, -0.05) is 19.9 Å². The quantitative estimate of drug-likeness (QED) is 0.597. The van der Waals surface area contributed by atoms with E-state index in [1.54, 1.807) is 0 Å². The van der Waals surface area contributed by atoms with Gasteiger partial charge >= 0.3 is 0 Å². The second-order valence-corrected chi connectivity index (χ2v) is 3.29. The third-order valence-electron chi connectivity index (χ3n) is 2.01. The molecule has 0 aliphatic heterocycles. The molecule has 3 atom stereocenters. The summed E-state index contributed by atoms with van der Waals surface area (Å²) in [5.41, 5.74) is 5.65. The third kappa shape index (κ3) is 3.67. The van der Waals surface area contributed by atoms with Crippen LogP contribution < -0.4 is 5.73 Å². The number of hydrogen-bond acceptors (Lipinski definition) is 1. The highest BCUT2D eigenvalue weighted by Crippen LogP contribution is 2.16. The molecule has 1 unspecified atom stereocenters. The SMILES string of the molecule is C=C[C@@H](C)C(C)C[C@@H](C)N. The van der Waals surface area contributed by atoms with Crippen molar-refractivity contribution in [3.05, 3.63) is 12.7 Å². The van der Waals surface area contributed by atoms with Crippen molar-refractivity contribution in [2.24, 2.45) is 17.6 Å². The van der Waals surface area contributed by atoms with Crippen LogP contribution in [0.5, 0.6) is 0 Å². The minimum Gasteiger partial charge on any atom is -0.328 e. The van der Waals surface area contributed by atoms with Gasteiger partial charge < -0.3 is 5.73 Å². The number of allylic oxidation sites excluding steroid dienone is 1. The van der Waals surface area contributed by atoms with E-state index in [4.69, 9.17) is 5.73 Å². The van der Waals surface area contributed by atoms with Crippen LogP contribution in [0, 0.1) is 11.8 Å². The summed E-state index contributed by atoms with van der Waals surface area (Å²) >= 11 is 0. The lowest BCUT2D eigenvalue weighted by atomic mass is 9.91. The average molecular weight is 141 g/mol. The molecule has 0 aromatic carbocycles. The first-order valence-electron chi connectivity index (χ1n) is 3.96. The Morgan fingerprint density at radius 2 is 1.90 bits per heavy atom. The van der Waals surface area contributed by atoms with Gasteiger partial charge in [-0.2, -0.15) is 0 Å². The Kier molecular flexibility index (Phi) is 4.37. The molecule has 1 nitrogen and oxygen atoms in total. The zero-order valence-corrected chi connectivity index (χ0v) is 7.30. The molecule has 10 heavy (non-hydrogen) atoms. The van der Waals surface area contributed by atoms with Crippen LogP contribution in [0.3, 0.4) is 0 Å². The van der Waals surface area contributed by atoms with Crippen molar-refractivity contribution in [1.82, 2.24) is 0 Å². The van der Waals surface area contributed by atoms with Crippen molar-refractivity contribution in [2.75, 3.05) is 0 Å². The predicted molar refractivity (Wildman–Crippen MR) is 46.8 cm³/mol. The fourth-order valence-corrected chi connectivity index (χ4v) is 1.03. The Labute approximate surface area is 64.3 Å². The van der Waals surface area contributed by atoms with E-state index in [-0.39, 0.29) is 0 Å². The normalized spacial score (nSPS) is 19.6. The maximum atomic E-state index is 5.65. The van der Waals surface area contributed by atoms with Gasteiger partial charge in [0.15, 0.2) is 0 Å². The Morgan fingerprint density at radius 1 is 1.40 bits per heavy atom. The molecule has 1 heteroatoms. The van der Waals surface area contributed by atoms with Gasteiger partial charge in [0.25, 0.3) is 0 Å². The lowest BCUT2D eigenvalue weighted by Crippen LogP contribution is -2.20. The monoisotopic (exact) mass is 141 g/mol. The molecular weight excluding hydrogens is 122 g/mol. The molecule has 0 fully saturated rings. The molecule has 2 N–H and O–H groups in total. The molecule has 0 rings (SSSR count). The first kappa shape index (κ1) is 9.70. The lowest BCUT2D eigenvalue weighted by Gasteiger charge is -2.17. The van der Waals surface area contributed by atoms with Crippen molar-refractivity contribution < 1.29 is 0 Å². The van der Waals surface area contributed by atoms with Crippen molar-refractivity contribution >= 4 is 0 Å². The molecule has 0 aromatic rings. The number of rotatable bonds is 4. The summed E-state index contributed by atoms with van der Waals surface area (Å²) in [5, 5.41) is 0. The Hall–Kier alpha value is -0.300. The van der Waals surface area contributed by atoms with Crippen molar-refractivity contribution in [1.29, 1.82) is 0 Å². The van der Waals surface area contributed by atoms with Gasteiger partial charge in [-0.15, -0.1) is 6.58 Å². The van der Waals surface area contributed by atoms with Gasteiger partial charge in [-0.25, -0.2) is 0 Å². The smallest absolute Gasteiger partial charge is 0.00132 e. The summed E-state index contributed by atoms with van der Waals surface area (Å²) in [6.07, 6.45) is 3.08. The highest BCUT2D eigenvalue weighted by Gasteiger charge is 2.09. The van der Waals surface area contributed by atoms with Crippen LogP contribution in [-0.4, -0.2) is 6.04 Å². The molecule has 60 valence electrons. The second-order valence-electron chi connectivity index (χ2n) is 3.29. The van der Waals surface area contributed by atoms with Crippen LogP contribution in [0.25, 0.3) is 0 Å². The van der Waals surface area contributed by atoms with Crippen LogP contribution in [0.15, 0.2) is 12.7 Å². The van der Waals surface area contributed by atoms with Crippen molar-refractivity contribution in [3.63, 3.8) is 0 Å². The van der Waals surface area contributed by atoms with Gasteiger partial charge in [0.2, 0.25) is 0 Å². The molecule has 0 heterocycles. The topological polar surface area (TPSA) is 26.0 Å². The highest BCUT2D eigenvalue weighted by atomic mass is 14.6. The fraction of sp³-hybridized carbons (Fsp3) is 0.778. The summed E-state index contributed by atoms with van der Waals surface area (Å²) in [6.45, 7) is 10.2. The molecule has 0 aromatic heterocycles. The molecule has 0 amide bonds. The van der Waals surface area contributed by atoms with E-state index in [0.29, 0.717) is 17.9 Å². The molecule has 0 saturated carbocycles. The average Bonchev–Trinajstić information content (AvgIpc) is 1.85. The van der Waals surface area contributed by atoms with Gasteiger partial charge in [-0.05, 0) is 25.2 Å². The zero-order valence-electron chi connectivity index (χ0n) is 7.30. The van der Waals surface area contributed by atoms with E-state index in [0.717, 1.165) is 6.42 Å². The van der Waals surface area contributed by atoms with E-state index >= 15 is 0 Å². The summed E-state index contributed by atoms with van der Waals surface area (Å²) in [7, 11) is 0. The minimum atomic E-state index is 0.317. The maximum Gasteiger partial charge on any atom is 0.00132 e. The fourth-order valence-electron chi connectivity index (χ4n) is 1.03. The summed E-state index contributed by atoms with van der Waals surface area (Å²) in [4.78, 5) is 0. The van der Waals surface area contributed by atoms with E-state index in [1.807, 2.05) is 13.0 Å². The van der Waals surface area contributed by atoms with Gasteiger partial charge in [0.1, 0.15) is 0 Å². The van der Waals surface area contributed by atoms with Gasteiger partial charge in [0.05, 0.1) is 0 Å². The molecule has 0 saturated heterocycles. The molecule has 0 aliphatic carbocycles. The molecule has 0 aliphatic rings. The van der Waals surface area contributed by atoms with Crippen LogP contribution in [0.4, 0.5) is 0 Å². The predicted octanol–water partition coefficient (Wildman–Crippen LogP) is 2.18. The molecule has 0 radical (unpaired) electrons. The van der Waals surface area contributed by atoms with Crippen LogP contribution >= 0.6 is 0 Å². The molecule has 0 bridgehead atoms. The minimum absolute atomic E-state index is 0.317. The first-order chi connectivity index (χ1) is 4.57. The second kappa shape index (κ2) is 4.51. The number of hydrogen-bond donors (Lipinski definition) is 1. The van der Waals surface area contributed by atoms with E-state index in [1.165, 1.54) is 0 Å². The Balaban J connectivity index is 3.60. The van der Waals surface area contributed by atoms with Crippen LogP contribution in [0.1, 0.15) is 27.2 Å². The first-order valence-corrected chi connectivity index (χ1v) is 3.96. The van der Waals surface area contributed by atoms with Crippen molar-refractivity contribution in [2.45, 2.75) is 33.2 Å². The largest absolute Gasteiger partial charge is 0.328 e. The Morgan fingerprint density at radius 3 is 2.20 bits per heavy atom. The van der Waals surface area contributed by atoms with Crippen LogP contribution in [-0.2, 0) is 0 Å². The number of nitrogens with two attached hydrogens (primary N) is 1. The van der Waals surface area contributed by atoms with Gasteiger partial charge in [0, 0.05) is 6.04 Å². The Bertz CT molecular complexity index is 96.9. The van der Waals surface area contributed by atoms with E-state index in [2.05, 4.69) is 20.4 Å². The lowest BCUT2D eigenvalue weighted by molar-refractivity contribution is 0.399. The maximum absolute atomic E-state index is 5.65. The van der Waals surface area contributed by atoms with E-state index in [9.17, 15) is 0 Å². The molecule has 0 spiro atoms. The molecular formula is C9H19N. The van der Waals surface area contributed by atoms with Crippen molar-refractivity contribution in [3.8, 4) is 0 Å². The standard InChI is InChI=1S/C9H19N/c1-5-7(2)8(3)6-9(4)10/h5,7-9H,1,6,10H2,2-4H3/t7-,8?,9-/m1/s1. The summed E-state index contributed by atoms with van der Waals surface area (Å²) < 4.78 is 0. The zero-order chi connectivity index (χ0) is 8.15. The third-order valence-corrected chi connectivity index (χ3v) is 2.01. The summed E-state index contributed by atoms with van der Waals surface area (Å²) in [5.74, 6) is 1.25. The summed E-state index contributed by atoms with van der Waals surface area (Å²) in [6, 6.07) is 0.317. The van der Waals surface area contributed by atoms with Gasteiger partial charge in [-0.3, -0.25) is 0 Å². The van der Waals surface area contributed by atoms with E-state index < -0.39 is 0 Å². The highest BCUT2D eigenvalue weighted by molar-refractivity contribution is 4.80.